The van der Waals surface area contributed by atoms with E-state index in [1.165, 1.54) is 38.5 Å². The molecule has 0 bridgehead atoms. The van der Waals surface area contributed by atoms with Crippen LogP contribution in [0.4, 0.5) is 0 Å². The molecule has 1 rings (SSSR count). The zero-order valence-corrected chi connectivity index (χ0v) is 11.1. The summed E-state index contributed by atoms with van der Waals surface area (Å²) in [5, 5.41) is 11.4. The molecule has 0 aliphatic heterocycles. The van der Waals surface area contributed by atoms with E-state index in [1.807, 2.05) is 19.9 Å². The Labute approximate surface area is 105 Å². The van der Waals surface area contributed by atoms with Crippen molar-refractivity contribution in [2.24, 2.45) is 5.92 Å². The average molecular weight is 236 g/mol. The largest absolute Gasteiger partial charge is 0.350 e. The lowest BCUT2D eigenvalue weighted by Gasteiger charge is -2.29. The van der Waals surface area contributed by atoms with Gasteiger partial charge in [-0.25, -0.2) is 0 Å². The molecule has 0 aromatic rings. The maximum Gasteiger partial charge on any atom is 0.234 e. The van der Waals surface area contributed by atoms with Crippen molar-refractivity contribution in [1.82, 2.24) is 5.32 Å². The molecule has 0 aromatic carbocycles. The first-order valence-electron chi connectivity index (χ1n) is 6.71. The molecule has 1 N–H and O–H groups in total. The minimum absolute atomic E-state index is 0.0349. The Bertz CT molecular complexity index is 285. The van der Waals surface area contributed by atoms with E-state index >= 15 is 0 Å². The van der Waals surface area contributed by atoms with Gasteiger partial charge in [-0.15, -0.1) is 0 Å². The minimum Gasteiger partial charge on any atom is -0.350 e. The van der Waals surface area contributed by atoms with Crippen LogP contribution < -0.4 is 5.32 Å². The summed E-state index contributed by atoms with van der Waals surface area (Å²) in [6, 6.07) is 1.88. The molecule has 0 saturated heterocycles. The van der Waals surface area contributed by atoms with Crippen molar-refractivity contribution in [1.29, 1.82) is 5.26 Å². The zero-order chi connectivity index (χ0) is 12.7. The average Bonchev–Trinajstić information content (AvgIpc) is 2.27. The van der Waals surface area contributed by atoms with E-state index in [-0.39, 0.29) is 17.9 Å². The first-order valence-corrected chi connectivity index (χ1v) is 6.71. The van der Waals surface area contributed by atoms with Crippen LogP contribution in [0, 0.1) is 17.2 Å². The topological polar surface area (TPSA) is 52.9 Å². The molecule has 0 aromatic heterocycles. The Kier molecular flexibility index (Phi) is 5.47. The van der Waals surface area contributed by atoms with Crippen molar-refractivity contribution < 1.29 is 4.79 Å². The SMILES string of the molecule is CC(C)(CCC1CCCCC1)NC(=O)CC#N. The summed E-state index contributed by atoms with van der Waals surface area (Å²) in [6.07, 6.45) is 8.99. The highest BCUT2D eigenvalue weighted by atomic mass is 16.1. The second-order valence-electron chi connectivity index (χ2n) is 5.81. The van der Waals surface area contributed by atoms with Gasteiger partial charge in [0.25, 0.3) is 0 Å². The van der Waals surface area contributed by atoms with E-state index in [0.717, 1.165) is 12.3 Å². The molecule has 0 radical (unpaired) electrons. The molecule has 1 saturated carbocycles. The van der Waals surface area contributed by atoms with Gasteiger partial charge in [0.2, 0.25) is 5.91 Å². The molecule has 1 aliphatic carbocycles. The third kappa shape index (κ3) is 5.72. The van der Waals surface area contributed by atoms with E-state index in [0.29, 0.717) is 0 Å². The summed E-state index contributed by atoms with van der Waals surface area (Å²) in [5.41, 5.74) is -0.175. The summed E-state index contributed by atoms with van der Waals surface area (Å²) < 4.78 is 0. The number of nitrogens with zero attached hydrogens (tertiary/aromatic N) is 1. The standard InChI is InChI=1S/C14H24N2O/c1-14(2,16-13(17)9-11-15)10-8-12-6-4-3-5-7-12/h12H,3-10H2,1-2H3,(H,16,17). The maximum absolute atomic E-state index is 11.4. The molecule has 3 heteroatoms. The van der Waals surface area contributed by atoms with Gasteiger partial charge in [0.15, 0.2) is 0 Å². The normalized spacial score (nSPS) is 17.5. The van der Waals surface area contributed by atoms with Gasteiger partial charge in [0, 0.05) is 5.54 Å². The summed E-state index contributed by atoms with van der Waals surface area (Å²) in [4.78, 5) is 11.4. The van der Waals surface area contributed by atoms with Gasteiger partial charge in [-0.3, -0.25) is 4.79 Å². The quantitative estimate of drug-likeness (QED) is 0.797. The summed E-state index contributed by atoms with van der Waals surface area (Å²) >= 11 is 0. The zero-order valence-electron chi connectivity index (χ0n) is 11.1. The third-order valence-electron chi connectivity index (χ3n) is 3.62. The highest BCUT2D eigenvalue weighted by molar-refractivity contribution is 5.78. The Balaban J connectivity index is 2.28. The number of hydrogen-bond acceptors (Lipinski definition) is 2. The van der Waals surface area contributed by atoms with E-state index in [2.05, 4.69) is 5.32 Å². The number of hydrogen-bond donors (Lipinski definition) is 1. The van der Waals surface area contributed by atoms with Gasteiger partial charge in [-0.1, -0.05) is 32.1 Å². The van der Waals surface area contributed by atoms with Gasteiger partial charge in [-0.05, 0) is 32.6 Å². The number of amides is 1. The summed E-state index contributed by atoms with van der Waals surface area (Å²) in [7, 11) is 0. The van der Waals surface area contributed by atoms with Crippen LogP contribution in [0.3, 0.4) is 0 Å². The molecule has 0 atom stereocenters. The van der Waals surface area contributed by atoms with Crippen LogP contribution in [-0.2, 0) is 4.79 Å². The molecule has 1 aliphatic rings. The fraction of sp³-hybridized carbons (Fsp3) is 0.857. The monoisotopic (exact) mass is 236 g/mol. The Morgan fingerprint density at radius 1 is 1.35 bits per heavy atom. The molecular weight excluding hydrogens is 212 g/mol. The van der Waals surface area contributed by atoms with E-state index in [4.69, 9.17) is 5.26 Å². The Morgan fingerprint density at radius 3 is 2.59 bits per heavy atom. The van der Waals surface area contributed by atoms with Crippen molar-refractivity contribution in [2.45, 2.75) is 70.8 Å². The lowest BCUT2D eigenvalue weighted by atomic mass is 9.83. The second kappa shape index (κ2) is 6.64. The predicted octanol–water partition coefficient (Wildman–Crippen LogP) is 3.16. The molecule has 17 heavy (non-hydrogen) atoms. The first-order chi connectivity index (χ1) is 8.03. The molecule has 3 nitrogen and oxygen atoms in total. The number of rotatable bonds is 5. The fourth-order valence-corrected chi connectivity index (χ4v) is 2.60. The van der Waals surface area contributed by atoms with Crippen molar-refractivity contribution in [3.63, 3.8) is 0 Å². The van der Waals surface area contributed by atoms with Crippen LogP contribution in [0.25, 0.3) is 0 Å². The van der Waals surface area contributed by atoms with Gasteiger partial charge in [0.05, 0.1) is 6.07 Å². The number of carbonyl (C=O) groups excluding carboxylic acids is 1. The Morgan fingerprint density at radius 2 is 2.00 bits per heavy atom. The molecule has 1 amide bonds. The number of carbonyl (C=O) groups is 1. The second-order valence-corrected chi connectivity index (χ2v) is 5.81. The van der Waals surface area contributed by atoms with Crippen molar-refractivity contribution >= 4 is 5.91 Å². The van der Waals surface area contributed by atoms with Gasteiger partial charge >= 0.3 is 0 Å². The molecule has 0 spiro atoms. The van der Waals surface area contributed by atoms with Crippen LogP contribution in [0.2, 0.25) is 0 Å². The molecule has 96 valence electrons. The summed E-state index contributed by atoms with van der Waals surface area (Å²) in [5.74, 6) is 0.692. The van der Waals surface area contributed by atoms with Crippen LogP contribution in [0.15, 0.2) is 0 Å². The van der Waals surface area contributed by atoms with Crippen LogP contribution in [0.1, 0.15) is 65.2 Å². The molecule has 0 heterocycles. The highest BCUT2D eigenvalue weighted by Crippen LogP contribution is 2.29. The van der Waals surface area contributed by atoms with Gasteiger partial charge < -0.3 is 5.32 Å². The maximum atomic E-state index is 11.4. The highest BCUT2D eigenvalue weighted by Gasteiger charge is 2.22. The first kappa shape index (κ1) is 14.0. The van der Waals surface area contributed by atoms with Crippen molar-refractivity contribution in [2.75, 3.05) is 0 Å². The predicted molar refractivity (Wildman–Crippen MR) is 68.3 cm³/mol. The van der Waals surface area contributed by atoms with Crippen LogP contribution in [-0.4, -0.2) is 11.4 Å². The molecule has 0 unspecified atom stereocenters. The minimum atomic E-state index is -0.175. The van der Waals surface area contributed by atoms with Crippen molar-refractivity contribution in [3.8, 4) is 6.07 Å². The van der Waals surface area contributed by atoms with Crippen LogP contribution in [0.5, 0.6) is 0 Å². The summed E-state index contributed by atoms with van der Waals surface area (Å²) in [6.45, 7) is 4.09. The number of nitrogens with one attached hydrogen (secondary N) is 1. The lowest BCUT2D eigenvalue weighted by molar-refractivity contribution is -0.121. The van der Waals surface area contributed by atoms with E-state index < -0.39 is 0 Å². The third-order valence-corrected chi connectivity index (χ3v) is 3.62. The number of nitriles is 1. The van der Waals surface area contributed by atoms with Crippen LogP contribution >= 0.6 is 0 Å². The lowest BCUT2D eigenvalue weighted by Crippen LogP contribution is -2.43. The Hall–Kier alpha value is -1.04. The van der Waals surface area contributed by atoms with E-state index in [1.54, 1.807) is 0 Å². The fourth-order valence-electron chi connectivity index (χ4n) is 2.60. The molecular formula is C14H24N2O. The van der Waals surface area contributed by atoms with E-state index in [9.17, 15) is 4.79 Å². The molecule has 1 fully saturated rings. The smallest absolute Gasteiger partial charge is 0.234 e. The van der Waals surface area contributed by atoms with Gasteiger partial charge in [-0.2, -0.15) is 5.26 Å². The van der Waals surface area contributed by atoms with Crippen molar-refractivity contribution in [3.05, 3.63) is 0 Å². The van der Waals surface area contributed by atoms with Gasteiger partial charge in [0.1, 0.15) is 6.42 Å².